The van der Waals surface area contributed by atoms with Crippen LogP contribution in [0.5, 0.6) is 0 Å². The highest BCUT2D eigenvalue weighted by Crippen LogP contribution is 2.72. The Labute approximate surface area is 121 Å². The Morgan fingerprint density at radius 2 is 1.55 bits per heavy atom. The molecule has 0 heterocycles. The van der Waals surface area contributed by atoms with Gasteiger partial charge in [-0.1, -0.05) is 64.1 Å². The molecule has 3 rings (SSSR count). The SMILES string of the molecule is Cc1ccc2ccccc2c1C(O)C1C(C)(C)C1(C)C. The van der Waals surface area contributed by atoms with Crippen LogP contribution in [0.4, 0.5) is 0 Å². The zero-order chi connectivity index (χ0) is 14.7. The Morgan fingerprint density at radius 1 is 0.950 bits per heavy atom. The van der Waals surface area contributed by atoms with Crippen LogP contribution in [0.25, 0.3) is 10.8 Å². The van der Waals surface area contributed by atoms with Crippen molar-refractivity contribution >= 4 is 10.8 Å². The van der Waals surface area contributed by atoms with E-state index in [1.54, 1.807) is 0 Å². The Bertz CT molecular complexity index is 653. The average molecular weight is 268 g/mol. The molecule has 1 saturated carbocycles. The number of benzene rings is 2. The number of hydrogen-bond acceptors (Lipinski definition) is 1. The second-order valence-corrected chi connectivity index (χ2v) is 7.38. The van der Waals surface area contributed by atoms with E-state index in [0.29, 0.717) is 5.92 Å². The summed E-state index contributed by atoms with van der Waals surface area (Å²) in [4.78, 5) is 0. The van der Waals surface area contributed by atoms with Gasteiger partial charge in [-0.2, -0.15) is 0 Å². The minimum atomic E-state index is -0.383. The van der Waals surface area contributed by atoms with Crippen molar-refractivity contribution in [2.45, 2.75) is 40.7 Å². The molecule has 0 radical (unpaired) electrons. The lowest BCUT2D eigenvalue weighted by molar-refractivity contribution is 0.131. The largest absolute Gasteiger partial charge is 0.388 e. The molecular weight excluding hydrogens is 244 g/mol. The van der Waals surface area contributed by atoms with E-state index in [-0.39, 0.29) is 16.9 Å². The van der Waals surface area contributed by atoms with E-state index in [2.05, 4.69) is 71.0 Å². The molecular formula is C19H24O. The van der Waals surface area contributed by atoms with Crippen LogP contribution in [0.1, 0.15) is 44.9 Å². The third-order valence-electron chi connectivity index (χ3n) is 5.93. The van der Waals surface area contributed by atoms with Crippen molar-refractivity contribution in [2.75, 3.05) is 0 Å². The van der Waals surface area contributed by atoms with Crippen LogP contribution in [-0.2, 0) is 0 Å². The first-order chi connectivity index (χ1) is 9.28. The van der Waals surface area contributed by atoms with Crippen molar-refractivity contribution in [1.29, 1.82) is 0 Å². The molecule has 1 aliphatic rings. The van der Waals surface area contributed by atoms with E-state index in [4.69, 9.17) is 0 Å². The van der Waals surface area contributed by atoms with Crippen molar-refractivity contribution in [3.05, 3.63) is 47.5 Å². The van der Waals surface area contributed by atoms with Crippen molar-refractivity contribution in [1.82, 2.24) is 0 Å². The molecule has 0 saturated heterocycles. The number of hydrogen-bond donors (Lipinski definition) is 1. The molecule has 0 aliphatic heterocycles. The smallest absolute Gasteiger partial charge is 0.0837 e. The molecule has 106 valence electrons. The highest BCUT2D eigenvalue weighted by Gasteiger charge is 2.67. The van der Waals surface area contributed by atoms with Gasteiger partial charge >= 0.3 is 0 Å². The molecule has 20 heavy (non-hydrogen) atoms. The molecule has 1 atom stereocenters. The second-order valence-electron chi connectivity index (χ2n) is 7.38. The van der Waals surface area contributed by atoms with Gasteiger partial charge < -0.3 is 5.11 Å². The molecule has 1 heteroatoms. The van der Waals surface area contributed by atoms with Crippen molar-refractivity contribution in [3.63, 3.8) is 0 Å². The van der Waals surface area contributed by atoms with Crippen molar-refractivity contribution in [3.8, 4) is 0 Å². The molecule has 1 unspecified atom stereocenters. The number of aliphatic hydroxyl groups is 1. The average Bonchev–Trinajstić information content (AvgIpc) is 2.79. The first kappa shape index (κ1) is 13.6. The number of aliphatic hydroxyl groups excluding tert-OH is 1. The summed E-state index contributed by atoms with van der Waals surface area (Å²) in [5.74, 6) is 0.319. The van der Waals surface area contributed by atoms with E-state index in [1.165, 1.54) is 16.3 Å². The van der Waals surface area contributed by atoms with Gasteiger partial charge in [-0.25, -0.2) is 0 Å². The van der Waals surface area contributed by atoms with E-state index in [0.717, 1.165) is 5.56 Å². The minimum absolute atomic E-state index is 0.190. The highest BCUT2D eigenvalue weighted by atomic mass is 16.3. The Balaban J connectivity index is 2.14. The Kier molecular flexibility index (Phi) is 2.78. The van der Waals surface area contributed by atoms with Crippen molar-refractivity contribution in [2.24, 2.45) is 16.7 Å². The highest BCUT2D eigenvalue weighted by molar-refractivity contribution is 5.87. The van der Waals surface area contributed by atoms with Gasteiger partial charge in [0, 0.05) is 5.92 Å². The number of rotatable bonds is 2. The monoisotopic (exact) mass is 268 g/mol. The predicted molar refractivity (Wildman–Crippen MR) is 84.7 cm³/mol. The van der Waals surface area contributed by atoms with Crippen molar-refractivity contribution < 1.29 is 5.11 Å². The van der Waals surface area contributed by atoms with Crippen LogP contribution in [0, 0.1) is 23.7 Å². The van der Waals surface area contributed by atoms with Crippen LogP contribution in [0.2, 0.25) is 0 Å². The lowest BCUT2D eigenvalue weighted by Gasteiger charge is -2.18. The third-order valence-corrected chi connectivity index (χ3v) is 5.93. The summed E-state index contributed by atoms with van der Waals surface area (Å²) in [6.45, 7) is 11.2. The normalized spacial score (nSPS) is 21.9. The van der Waals surface area contributed by atoms with Gasteiger partial charge in [0.05, 0.1) is 6.10 Å². The molecule has 0 spiro atoms. The number of aryl methyl sites for hydroxylation is 1. The van der Waals surface area contributed by atoms with Crippen LogP contribution in [-0.4, -0.2) is 5.11 Å². The zero-order valence-electron chi connectivity index (χ0n) is 13.1. The van der Waals surface area contributed by atoms with E-state index in [1.807, 2.05) is 0 Å². The second kappa shape index (κ2) is 4.08. The maximum Gasteiger partial charge on any atom is 0.0837 e. The summed E-state index contributed by atoms with van der Waals surface area (Å²) in [5, 5.41) is 13.4. The summed E-state index contributed by atoms with van der Waals surface area (Å²) in [6, 6.07) is 12.6. The van der Waals surface area contributed by atoms with E-state index >= 15 is 0 Å². The standard InChI is InChI=1S/C19H24O/c1-12-10-11-13-8-6-7-9-14(13)15(12)16(20)17-18(2,3)19(17,4)5/h6-11,16-17,20H,1-5H3. The van der Waals surface area contributed by atoms with Gasteiger partial charge in [-0.3, -0.25) is 0 Å². The summed E-state index contributed by atoms with van der Waals surface area (Å²) in [7, 11) is 0. The summed E-state index contributed by atoms with van der Waals surface area (Å²) in [5.41, 5.74) is 2.69. The van der Waals surface area contributed by atoms with Gasteiger partial charge in [0.1, 0.15) is 0 Å². The lowest BCUT2D eigenvalue weighted by Crippen LogP contribution is -2.08. The molecule has 1 nitrogen and oxygen atoms in total. The molecule has 2 aromatic rings. The number of fused-ring (bicyclic) bond motifs is 1. The van der Waals surface area contributed by atoms with Gasteiger partial charge in [0.25, 0.3) is 0 Å². The van der Waals surface area contributed by atoms with Gasteiger partial charge in [-0.15, -0.1) is 0 Å². The Morgan fingerprint density at radius 3 is 2.15 bits per heavy atom. The minimum Gasteiger partial charge on any atom is -0.388 e. The first-order valence-electron chi connectivity index (χ1n) is 7.45. The van der Waals surface area contributed by atoms with Crippen LogP contribution < -0.4 is 0 Å². The molecule has 1 N–H and O–H groups in total. The van der Waals surface area contributed by atoms with E-state index < -0.39 is 0 Å². The fourth-order valence-electron chi connectivity index (χ4n) is 4.00. The zero-order valence-corrected chi connectivity index (χ0v) is 13.1. The fraction of sp³-hybridized carbons (Fsp3) is 0.474. The first-order valence-corrected chi connectivity index (χ1v) is 7.45. The molecule has 0 bridgehead atoms. The molecule has 2 aromatic carbocycles. The molecule has 0 amide bonds. The van der Waals surface area contributed by atoms with Crippen LogP contribution in [0.3, 0.4) is 0 Å². The Hall–Kier alpha value is -1.34. The summed E-state index contributed by atoms with van der Waals surface area (Å²) < 4.78 is 0. The molecule has 1 aliphatic carbocycles. The molecule has 1 fully saturated rings. The third kappa shape index (κ3) is 1.66. The lowest BCUT2D eigenvalue weighted by atomic mass is 9.91. The molecule has 0 aromatic heterocycles. The predicted octanol–water partition coefficient (Wildman–Crippen LogP) is 4.86. The van der Waals surface area contributed by atoms with Gasteiger partial charge in [0.15, 0.2) is 0 Å². The quantitative estimate of drug-likeness (QED) is 0.824. The van der Waals surface area contributed by atoms with Crippen LogP contribution in [0.15, 0.2) is 36.4 Å². The topological polar surface area (TPSA) is 20.2 Å². The summed E-state index contributed by atoms with van der Waals surface area (Å²) in [6.07, 6.45) is -0.383. The maximum atomic E-state index is 11.0. The summed E-state index contributed by atoms with van der Waals surface area (Å²) >= 11 is 0. The fourth-order valence-corrected chi connectivity index (χ4v) is 4.00. The van der Waals surface area contributed by atoms with Gasteiger partial charge in [-0.05, 0) is 39.7 Å². The van der Waals surface area contributed by atoms with Crippen LogP contribution >= 0.6 is 0 Å². The van der Waals surface area contributed by atoms with Gasteiger partial charge in [0.2, 0.25) is 0 Å². The maximum absolute atomic E-state index is 11.0. The van der Waals surface area contributed by atoms with E-state index in [9.17, 15) is 5.11 Å².